The highest BCUT2D eigenvalue weighted by molar-refractivity contribution is 6.04. The minimum Gasteiger partial charge on any atom is -0.478 e. The van der Waals surface area contributed by atoms with E-state index in [1.807, 2.05) is 0 Å². The fourth-order valence-electron chi connectivity index (χ4n) is 1.44. The number of aromatic carboxylic acids is 2. The maximum Gasteiger partial charge on any atom is 0.337 e. The van der Waals surface area contributed by atoms with E-state index in [1.54, 1.807) is 0 Å². The number of hydrogen-bond donors (Lipinski definition) is 3. The van der Waals surface area contributed by atoms with Gasteiger partial charge in [-0.25, -0.2) is 9.59 Å². The van der Waals surface area contributed by atoms with Crippen LogP contribution in [0.1, 0.15) is 20.7 Å². The first-order chi connectivity index (χ1) is 7.09. The minimum absolute atomic E-state index is 0.126. The number of hydrogen-bond acceptors (Lipinski definition) is 2. The Morgan fingerprint density at radius 2 is 1.87 bits per heavy atom. The monoisotopic (exact) mass is 205 g/mol. The van der Waals surface area contributed by atoms with E-state index in [4.69, 9.17) is 10.2 Å². The van der Waals surface area contributed by atoms with Crippen molar-refractivity contribution in [2.24, 2.45) is 0 Å². The highest BCUT2D eigenvalue weighted by atomic mass is 16.4. The molecule has 1 heterocycles. The number of benzene rings is 1. The van der Waals surface area contributed by atoms with Crippen molar-refractivity contribution in [2.75, 3.05) is 0 Å². The van der Waals surface area contributed by atoms with Gasteiger partial charge in [-0.1, -0.05) is 6.07 Å². The lowest BCUT2D eigenvalue weighted by molar-refractivity contribution is 0.0688. The maximum absolute atomic E-state index is 10.8. The van der Waals surface area contributed by atoms with Gasteiger partial charge in [-0.15, -0.1) is 0 Å². The van der Waals surface area contributed by atoms with Crippen molar-refractivity contribution in [1.82, 2.24) is 4.98 Å². The number of H-pyrrole nitrogens is 1. The van der Waals surface area contributed by atoms with Crippen molar-refractivity contribution in [3.05, 3.63) is 35.5 Å². The zero-order valence-corrected chi connectivity index (χ0v) is 7.52. The topological polar surface area (TPSA) is 90.4 Å². The molecule has 0 saturated heterocycles. The van der Waals surface area contributed by atoms with Crippen molar-refractivity contribution in [3.8, 4) is 0 Å². The van der Waals surface area contributed by atoms with Gasteiger partial charge in [0.2, 0.25) is 0 Å². The van der Waals surface area contributed by atoms with E-state index in [1.165, 1.54) is 24.4 Å². The summed E-state index contributed by atoms with van der Waals surface area (Å²) in [5, 5.41) is 18.1. The Labute approximate surface area is 84.0 Å². The van der Waals surface area contributed by atoms with Crippen molar-refractivity contribution in [1.29, 1.82) is 0 Å². The average Bonchev–Trinajstić information content (AvgIpc) is 2.59. The maximum atomic E-state index is 10.8. The van der Waals surface area contributed by atoms with Gasteiger partial charge in [-0.2, -0.15) is 0 Å². The quantitative estimate of drug-likeness (QED) is 0.693. The van der Waals surface area contributed by atoms with Crippen LogP contribution in [-0.2, 0) is 0 Å². The summed E-state index contributed by atoms with van der Waals surface area (Å²) in [6, 6.07) is 4.27. The number of aromatic amines is 1. The zero-order valence-electron chi connectivity index (χ0n) is 7.52. The molecular weight excluding hydrogens is 198 g/mol. The Morgan fingerprint density at radius 1 is 1.13 bits per heavy atom. The van der Waals surface area contributed by atoms with Gasteiger partial charge in [0, 0.05) is 17.1 Å². The van der Waals surface area contributed by atoms with Crippen LogP contribution in [0.4, 0.5) is 0 Å². The fraction of sp³-hybridized carbons (Fsp3) is 0. The molecule has 0 atom stereocenters. The Bertz CT molecular complexity index is 556. The van der Waals surface area contributed by atoms with Crippen molar-refractivity contribution in [3.63, 3.8) is 0 Å². The van der Waals surface area contributed by atoms with Gasteiger partial charge in [0.15, 0.2) is 0 Å². The molecule has 76 valence electrons. The molecule has 0 fully saturated rings. The molecule has 0 amide bonds. The molecule has 1 aromatic carbocycles. The summed E-state index contributed by atoms with van der Waals surface area (Å²) in [4.78, 5) is 24.1. The lowest BCUT2D eigenvalue weighted by Gasteiger charge is -1.95. The van der Waals surface area contributed by atoms with Gasteiger partial charge in [0.25, 0.3) is 0 Å². The Balaban J connectivity index is 2.66. The largest absolute Gasteiger partial charge is 0.478 e. The van der Waals surface area contributed by atoms with Gasteiger partial charge < -0.3 is 15.2 Å². The SMILES string of the molecule is O=C(O)c1ccc2c(C(=O)O)c[nH]c2c1. The minimum atomic E-state index is -1.04. The van der Waals surface area contributed by atoms with Gasteiger partial charge in [0.05, 0.1) is 11.1 Å². The summed E-state index contributed by atoms with van der Waals surface area (Å²) in [5.41, 5.74) is 0.774. The van der Waals surface area contributed by atoms with Crippen LogP contribution in [0.25, 0.3) is 10.9 Å². The van der Waals surface area contributed by atoms with Crippen molar-refractivity contribution >= 4 is 22.8 Å². The van der Waals surface area contributed by atoms with E-state index in [2.05, 4.69) is 4.98 Å². The van der Waals surface area contributed by atoms with Crippen molar-refractivity contribution < 1.29 is 19.8 Å². The summed E-state index contributed by atoms with van der Waals surface area (Å²) in [6.07, 6.45) is 1.35. The first-order valence-corrected chi connectivity index (χ1v) is 4.17. The van der Waals surface area contributed by atoms with Crippen LogP contribution in [0, 0.1) is 0 Å². The molecule has 5 heteroatoms. The molecule has 0 unspecified atom stereocenters. The second-order valence-electron chi connectivity index (χ2n) is 3.07. The molecule has 2 rings (SSSR count). The number of rotatable bonds is 2. The third kappa shape index (κ3) is 1.43. The van der Waals surface area contributed by atoms with E-state index in [0.29, 0.717) is 10.9 Å². The Hall–Kier alpha value is -2.30. The molecule has 0 radical (unpaired) electrons. The molecular formula is C10H7NO4. The predicted octanol–water partition coefficient (Wildman–Crippen LogP) is 1.56. The first-order valence-electron chi connectivity index (χ1n) is 4.17. The third-order valence-electron chi connectivity index (χ3n) is 2.16. The molecule has 5 nitrogen and oxygen atoms in total. The van der Waals surface area contributed by atoms with Crippen LogP contribution in [0.3, 0.4) is 0 Å². The highest BCUT2D eigenvalue weighted by Gasteiger charge is 2.11. The first kappa shape index (κ1) is 9.26. The summed E-state index contributed by atoms with van der Waals surface area (Å²) < 4.78 is 0. The van der Waals surface area contributed by atoms with Gasteiger partial charge in [-0.3, -0.25) is 0 Å². The van der Waals surface area contributed by atoms with Crippen LogP contribution in [0.2, 0.25) is 0 Å². The standard InChI is InChI=1S/C10H7NO4/c12-9(13)5-1-2-6-7(10(14)15)4-11-8(6)3-5/h1-4,11H,(H,12,13)(H,14,15). The van der Waals surface area contributed by atoms with E-state index in [9.17, 15) is 9.59 Å². The highest BCUT2D eigenvalue weighted by Crippen LogP contribution is 2.19. The molecule has 1 aromatic heterocycles. The van der Waals surface area contributed by atoms with Gasteiger partial charge in [0.1, 0.15) is 0 Å². The molecule has 0 saturated carbocycles. The van der Waals surface area contributed by atoms with Gasteiger partial charge in [-0.05, 0) is 12.1 Å². The van der Waals surface area contributed by atoms with Crippen LogP contribution >= 0.6 is 0 Å². The lowest BCUT2D eigenvalue weighted by Crippen LogP contribution is -1.96. The number of carboxylic acid groups (broad SMARTS) is 2. The normalized spacial score (nSPS) is 10.4. The van der Waals surface area contributed by atoms with Crippen molar-refractivity contribution in [2.45, 2.75) is 0 Å². The number of nitrogens with one attached hydrogen (secondary N) is 1. The average molecular weight is 205 g/mol. The summed E-state index contributed by atoms with van der Waals surface area (Å²) in [5.74, 6) is -2.08. The summed E-state index contributed by atoms with van der Waals surface area (Å²) >= 11 is 0. The fourth-order valence-corrected chi connectivity index (χ4v) is 1.44. The third-order valence-corrected chi connectivity index (χ3v) is 2.16. The summed E-state index contributed by atoms with van der Waals surface area (Å²) in [7, 11) is 0. The predicted molar refractivity (Wildman–Crippen MR) is 52.2 cm³/mol. The molecule has 0 aliphatic carbocycles. The summed E-state index contributed by atoms with van der Waals surface area (Å²) in [6.45, 7) is 0. The van der Waals surface area contributed by atoms with Crippen LogP contribution in [0.5, 0.6) is 0 Å². The molecule has 3 N–H and O–H groups in total. The second-order valence-corrected chi connectivity index (χ2v) is 3.07. The second kappa shape index (κ2) is 3.13. The molecule has 0 aliphatic heterocycles. The molecule has 0 aliphatic rings. The lowest BCUT2D eigenvalue weighted by atomic mass is 10.1. The van der Waals surface area contributed by atoms with Crippen LogP contribution < -0.4 is 0 Å². The number of carbonyl (C=O) groups is 2. The molecule has 0 bridgehead atoms. The molecule has 2 aromatic rings. The smallest absolute Gasteiger partial charge is 0.337 e. The number of carboxylic acids is 2. The van der Waals surface area contributed by atoms with Crippen LogP contribution in [-0.4, -0.2) is 27.1 Å². The van der Waals surface area contributed by atoms with E-state index < -0.39 is 11.9 Å². The van der Waals surface area contributed by atoms with Gasteiger partial charge >= 0.3 is 11.9 Å². The molecule has 0 spiro atoms. The van der Waals surface area contributed by atoms with E-state index in [-0.39, 0.29) is 11.1 Å². The van der Waals surface area contributed by atoms with Crippen LogP contribution in [0.15, 0.2) is 24.4 Å². The number of aromatic nitrogens is 1. The number of fused-ring (bicyclic) bond motifs is 1. The van der Waals surface area contributed by atoms with E-state index >= 15 is 0 Å². The Kier molecular flexibility index (Phi) is 1.93. The Morgan fingerprint density at radius 3 is 2.47 bits per heavy atom. The molecule has 15 heavy (non-hydrogen) atoms. The van der Waals surface area contributed by atoms with E-state index in [0.717, 1.165) is 0 Å². The zero-order chi connectivity index (χ0) is 11.0.